The van der Waals surface area contributed by atoms with Crippen LogP contribution in [0.25, 0.3) is 0 Å². The van der Waals surface area contributed by atoms with E-state index in [0.717, 1.165) is 63.8 Å². The zero-order valence-corrected chi connectivity index (χ0v) is 48.9. The molecule has 0 radical (unpaired) electrons. The van der Waals surface area contributed by atoms with Gasteiger partial charge in [0.1, 0.15) is 17.0 Å². The van der Waals surface area contributed by atoms with E-state index in [2.05, 4.69) is 40.7 Å². The third-order valence-electron chi connectivity index (χ3n) is 12.2. The molecule has 4 aromatic carbocycles. The van der Waals surface area contributed by atoms with Gasteiger partial charge in [0.25, 0.3) is 0 Å². The van der Waals surface area contributed by atoms with Crippen molar-refractivity contribution in [3.05, 3.63) is 188 Å². The molecule has 8 rings (SSSR count). The third kappa shape index (κ3) is 20.3. The number of aryl methyl sites for hydroxylation is 1. The van der Waals surface area contributed by atoms with Crippen LogP contribution < -0.4 is 10.6 Å². The summed E-state index contributed by atoms with van der Waals surface area (Å²) < 4.78 is 27.7. The van der Waals surface area contributed by atoms with Crippen LogP contribution in [0.4, 0.5) is 16.6 Å². The number of halogens is 4. The maximum absolute atomic E-state index is 12.6. The maximum atomic E-state index is 12.6. The van der Waals surface area contributed by atoms with Crippen LogP contribution in [0.5, 0.6) is 0 Å². The van der Waals surface area contributed by atoms with Crippen molar-refractivity contribution in [3.63, 3.8) is 0 Å². The molecular formula is C61H75Cl4N5O8. The molecule has 78 heavy (non-hydrogen) atoms. The second-order valence-corrected chi connectivity index (χ2v) is 22.9. The van der Waals surface area contributed by atoms with Gasteiger partial charge in [-0.15, -0.1) is 0 Å². The highest BCUT2D eigenvalue weighted by Gasteiger charge is 2.33. The van der Waals surface area contributed by atoms with Crippen molar-refractivity contribution in [3.8, 4) is 0 Å². The quantitative estimate of drug-likeness (QED) is 0.112. The number of benzene rings is 4. The molecule has 0 spiro atoms. The summed E-state index contributed by atoms with van der Waals surface area (Å²) >= 11 is 24.9. The van der Waals surface area contributed by atoms with Crippen LogP contribution in [-0.4, -0.2) is 103 Å². The lowest BCUT2D eigenvalue weighted by molar-refractivity contribution is -0.155. The van der Waals surface area contributed by atoms with Gasteiger partial charge < -0.3 is 39.4 Å². The number of nitrogen functional groups attached to an aromatic ring is 1. The molecule has 1 aromatic heterocycles. The van der Waals surface area contributed by atoms with Gasteiger partial charge in [0.2, 0.25) is 5.95 Å². The van der Waals surface area contributed by atoms with E-state index < -0.39 is 11.2 Å². The standard InChI is InChI=1S/C17H19ClN4O.C17H22ClNO3.C14H19ClO3.C13H15ClO/c1-11-8-22(16-7-12(2)20-17(19)21-16)15(10-23-9-11)13-5-3-4-6-14(13)18;1-12-9-19(16(20)22-17(2,3)4)15(11-21-10-12)13-7-5-6-8-14(13)18;1-14(2,3)18-13(17)8-10(9-16)11-6-4-5-7-12(11)15;1-10-6-7-11(9-15-8-10)12-4-2-3-5-13(12)14/h3-7,15H,1,8-10H2,2H3,(H2,19,20,21);5-8,15H,1,9-11H2,2-4H3;4-7,10,16H,8-9H2,1-3H3;2-5,11H,1,6-9H2. The fraction of sp³-hybridized carbons (Fsp3) is 0.410. The minimum absolute atomic E-state index is 0.0587. The number of anilines is 2. The number of nitrogens with two attached hydrogens (primary N) is 1. The molecule has 0 bridgehead atoms. The van der Waals surface area contributed by atoms with Gasteiger partial charge >= 0.3 is 12.1 Å². The largest absolute Gasteiger partial charge is 0.460 e. The van der Waals surface area contributed by atoms with Gasteiger partial charge in [0, 0.05) is 56.8 Å². The number of carbonyl (C=O) groups is 2. The molecule has 0 saturated carbocycles. The highest BCUT2D eigenvalue weighted by Crippen LogP contribution is 2.36. The van der Waals surface area contributed by atoms with E-state index in [1.165, 1.54) is 11.1 Å². The Balaban J connectivity index is 0.000000194. The van der Waals surface area contributed by atoms with Gasteiger partial charge in [-0.1, -0.05) is 145 Å². The Kier molecular flexibility index (Phi) is 24.5. The summed E-state index contributed by atoms with van der Waals surface area (Å²) in [6, 6.07) is 32.0. The number of aliphatic hydroxyl groups is 1. The molecule has 13 nitrogen and oxygen atoms in total. The van der Waals surface area contributed by atoms with E-state index in [9.17, 15) is 14.7 Å². The predicted octanol–water partition coefficient (Wildman–Crippen LogP) is 14.3. The summed E-state index contributed by atoms with van der Waals surface area (Å²) in [4.78, 5) is 36.6. The predicted molar refractivity (Wildman–Crippen MR) is 315 cm³/mol. The number of aliphatic hydroxyl groups excluding tert-OH is 1. The molecule has 1 amide bonds. The van der Waals surface area contributed by atoms with Crippen molar-refractivity contribution < 1.29 is 38.4 Å². The molecule has 3 aliphatic rings. The molecule has 420 valence electrons. The maximum Gasteiger partial charge on any atom is 0.411 e. The summed E-state index contributed by atoms with van der Waals surface area (Å²) in [5.41, 5.74) is 12.4. The van der Waals surface area contributed by atoms with E-state index in [1.807, 2.05) is 139 Å². The topological polar surface area (TPSA) is 159 Å². The first-order valence-corrected chi connectivity index (χ1v) is 27.3. The first-order chi connectivity index (χ1) is 36.9. The van der Waals surface area contributed by atoms with Crippen molar-refractivity contribution in [1.29, 1.82) is 0 Å². The van der Waals surface area contributed by atoms with E-state index >= 15 is 0 Å². The normalized spacial score (nSPS) is 18.5. The lowest BCUT2D eigenvalue weighted by Crippen LogP contribution is -2.40. The van der Waals surface area contributed by atoms with Crippen LogP contribution in [-0.2, 0) is 28.5 Å². The molecule has 4 heterocycles. The number of aromatic nitrogens is 2. The molecule has 4 atom stereocenters. The summed E-state index contributed by atoms with van der Waals surface area (Å²) in [5, 5.41) is 12.1. The van der Waals surface area contributed by atoms with Gasteiger partial charge in [-0.2, -0.15) is 4.98 Å². The molecular weight excluding hydrogens is 1070 g/mol. The molecule has 17 heteroatoms. The molecule has 3 fully saturated rings. The number of esters is 1. The van der Waals surface area contributed by atoms with Crippen LogP contribution >= 0.6 is 46.4 Å². The van der Waals surface area contributed by atoms with Crippen LogP contribution in [0.1, 0.15) is 113 Å². The second kappa shape index (κ2) is 30.2. The van der Waals surface area contributed by atoms with Gasteiger partial charge in [0.15, 0.2) is 0 Å². The zero-order chi connectivity index (χ0) is 57.2. The fourth-order valence-corrected chi connectivity index (χ4v) is 9.78. The van der Waals surface area contributed by atoms with Crippen LogP contribution in [0.3, 0.4) is 0 Å². The molecule has 3 saturated heterocycles. The molecule has 3 aliphatic heterocycles. The summed E-state index contributed by atoms with van der Waals surface area (Å²) in [6.07, 6.45) is 1.86. The minimum Gasteiger partial charge on any atom is -0.460 e. The van der Waals surface area contributed by atoms with E-state index in [1.54, 1.807) is 11.0 Å². The van der Waals surface area contributed by atoms with Crippen LogP contribution in [0, 0.1) is 6.92 Å². The summed E-state index contributed by atoms with van der Waals surface area (Å²) in [6.45, 7) is 29.0. The van der Waals surface area contributed by atoms with Gasteiger partial charge in [-0.05, 0) is 119 Å². The Morgan fingerprint density at radius 2 is 1.17 bits per heavy atom. The highest BCUT2D eigenvalue weighted by atomic mass is 35.5. The number of hydrogen-bond acceptors (Lipinski definition) is 12. The zero-order valence-electron chi connectivity index (χ0n) is 45.9. The Labute approximate surface area is 481 Å². The summed E-state index contributed by atoms with van der Waals surface area (Å²) in [5.74, 6) is 0.772. The van der Waals surface area contributed by atoms with Crippen molar-refractivity contribution in [2.24, 2.45) is 0 Å². The third-order valence-corrected chi connectivity index (χ3v) is 13.6. The van der Waals surface area contributed by atoms with E-state index in [0.29, 0.717) is 67.1 Å². The number of carbonyl (C=O) groups excluding carboxylic acids is 2. The van der Waals surface area contributed by atoms with Gasteiger partial charge in [-0.3, -0.25) is 9.69 Å². The van der Waals surface area contributed by atoms with Crippen molar-refractivity contribution in [2.45, 2.75) is 103 Å². The van der Waals surface area contributed by atoms with Gasteiger partial charge in [-0.25, -0.2) is 9.78 Å². The number of nitrogens with zero attached hydrogens (tertiary/aromatic N) is 4. The molecule has 5 aromatic rings. The Hall–Kier alpha value is -5.48. The number of amides is 1. The van der Waals surface area contributed by atoms with Gasteiger partial charge in [0.05, 0.1) is 64.8 Å². The van der Waals surface area contributed by atoms with Crippen molar-refractivity contribution in [2.75, 3.05) is 70.0 Å². The average Bonchev–Trinajstić information content (AvgIpc) is 3.81. The van der Waals surface area contributed by atoms with Crippen molar-refractivity contribution >= 4 is 70.2 Å². The smallest absolute Gasteiger partial charge is 0.411 e. The minimum atomic E-state index is -0.559. The van der Waals surface area contributed by atoms with E-state index in [4.69, 9.17) is 75.8 Å². The average molecular weight is 1150 g/mol. The second-order valence-electron chi connectivity index (χ2n) is 21.3. The van der Waals surface area contributed by atoms with Crippen LogP contribution in [0.2, 0.25) is 20.1 Å². The fourth-order valence-electron chi connectivity index (χ4n) is 8.68. The number of hydrogen-bond donors (Lipinski definition) is 2. The lowest BCUT2D eigenvalue weighted by Gasteiger charge is -2.32. The summed E-state index contributed by atoms with van der Waals surface area (Å²) in [7, 11) is 0. The Bertz CT molecular complexity index is 2800. The van der Waals surface area contributed by atoms with E-state index in [-0.39, 0.29) is 49.0 Å². The van der Waals surface area contributed by atoms with Crippen LogP contribution in [0.15, 0.2) is 140 Å². The number of ether oxygens (including phenoxy) is 5. The molecule has 3 N–H and O–H groups in total. The highest BCUT2D eigenvalue weighted by molar-refractivity contribution is 6.32. The monoisotopic (exact) mass is 1150 g/mol. The first-order valence-electron chi connectivity index (χ1n) is 25.8. The molecule has 0 aliphatic carbocycles. The first kappa shape index (κ1) is 63.4. The van der Waals surface area contributed by atoms with Crippen molar-refractivity contribution in [1.82, 2.24) is 14.9 Å². The lowest BCUT2D eigenvalue weighted by atomic mass is 9.94. The molecule has 4 unspecified atom stereocenters. The Morgan fingerprint density at radius 3 is 1.71 bits per heavy atom. The SMILES string of the molecule is C=C1CCC(c2ccccc2Cl)COC1.C=C1COCC(c2ccccc2Cl)N(C(=O)OC(C)(C)C)C1.C=C1COCC(c2ccccc2Cl)N(c2cc(C)nc(N)n2)C1.CC(C)(C)OC(=O)CC(CO)c1ccccc1Cl. The Morgan fingerprint density at radius 1 is 0.679 bits per heavy atom. The number of rotatable bonds is 8.